The summed E-state index contributed by atoms with van der Waals surface area (Å²) in [5, 5.41) is 10.4. The van der Waals surface area contributed by atoms with Crippen molar-refractivity contribution < 1.29 is 14.6 Å². The van der Waals surface area contributed by atoms with Crippen molar-refractivity contribution in [2.24, 2.45) is 11.8 Å². The van der Waals surface area contributed by atoms with E-state index in [1.54, 1.807) is 7.11 Å². The summed E-state index contributed by atoms with van der Waals surface area (Å²) in [5.74, 6) is 2.22. The van der Waals surface area contributed by atoms with E-state index >= 15 is 0 Å². The Morgan fingerprint density at radius 3 is 2.38 bits per heavy atom. The van der Waals surface area contributed by atoms with Gasteiger partial charge in [-0.3, -0.25) is 4.90 Å². The number of ether oxygens (including phenoxy) is 2. The van der Waals surface area contributed by atoms with E-state index in [4.69, 9.17) is 9.47 Å². The molecule has 1 N–H and O–H groups in total. The van der Waals surface area contributed by atoms with E-state index < -0.39 is 0 Å². The molecule has 0 aromatic heterocycles. The Morgan fingerprint density at radius 2 is 1.76 bits per heavy atom. The lowest BCUT2D eigenvalue weighted by atomic mass is 9.86. The van der Waals surface area contributed by atoms with Gasteiger partial charge in [0.05, 0.1) is 13.2 Å². The SMILES string of the molecule is COc1ccc(CC2CN(Cc3ccccc3)CC2[C@@H](C)O)cc1OC(C)(C)C. The van der Waals surface area contributed by atoms with E-state index in [0.29, 0.717) is 5.92 Å². The van der Waals surface area contributed by atoms with Gasteiger partial charge in [-0.05, 0) is 63.3 Å². The van der Waals surface area contributed by atoms with E-state index in [1.165, 1.54) is 11.1 Å². The first-order valence-corrected chi connectivity index (χ1v) is 10.6. The van der Waals surface area contributed by atoms with Gasteiger partial charge in [-0.25, -0.2) is 0 Å². The third kappa shape index (κ3) is 5.97. The Labute approximate surface area is 175 Å². The molecule has 1 fully saturated rings. The number of aliphatic hydroxyl groups excluding tert-OH is 1. The van der Waals surface area contributed by atoms with Crippen molar-refractivity contribution in [1.29, 1.82) is 0 Å². The van der Waals surface area contributed by atoms with Crippen molar-refractivity contribution in [2.45, 2.75) is 52.4 Å². The Bertz CT molecular complexity index is 782. The molecule has 0 saturated carbocycles. The van der Waals surface area contributed by atoms with Gasteiger partial charge >= 0.3 is 0 Å². The van der Waals surface area contributed by atoms with Crippen LogP contribution in [0.1, 0.15) is 38.8 Å². The van der Waals surface area contributed by atoms with Crippen LogP contribution in [-0.4, -0.2) is 41.9 Å². The van der Waals surface area contributed by atoms with Gasteiger partial charge in [0.1, 0.15) is 5.60 Å². The van der Waals surface area contributed by atoms with Crippen molar-refractivity contribution in [2.75, 3.05) is 20.2 Å². The monoisotopic (exact) mass is 397 g/mol. The van der Waals surface area contributed by atoms with Crippen molar-refractivity contribution in [3.63, 3.8) is 0 Å². The van der Waals surface area contributed by atoms with Crippen LogP contribution in [0.3, 0.4) is 0 Å². The molecule has 0 radical (unpaired) electrons. The summed E-state index contributed by atoms with van der Waals surface area (Å²) in [6.07, 6.45) is 0.607. The summed E-state index contributed by atoms with van der Waals surface area (Å²) in [6, 6.07) is 16.8. The van der Waals surface area contributed by atoms with E-state index in [-0.39, 0.29) is 17.6 Å². The van der Waals surface area contributed by atoms with Gasteiger partial charge in [-0.15, -0.1) is 0 Å². The van der Waals surface area contributed by atoms with Crippen LogP contribution < -0.4 is 9.47 Å². The topological polar surface area (TPSA) is 41.9 Å². The summed E-state index contributed by atoms with van der Waals surface area (Å²) < 4.78 is 11.6. The molecule has 1 heterocycles. The zero-order valence-electron chi connectivity index (χ0n) is 18.4. The first-order chi connectivity index (χ1) is 13.7. The van der Waals surface area contributed by atoms with E-state index in [2.05, 4.69) is 47.4 Å². The summed E-state index contributed by atoms with van der Waals surface area (Å²) >= 11 is 0. The van der Waals surface area contributed by atoms with Gasteiger partial charge in [0.2, 0.25) is 0 Å². The van der Waals surface area contributed by atoms with Crippen LogP contribution in [0.2, 0.25) is 0 Å². The number of likely N-dealkylation sites (tertiary alicyclic amines) is 1. The number of benzene rings is 2. The Balaban J connectivity index is 1.74. The molecule has 2 unspecified atom stereocenters. The number of methoxy groups -OCH3 is 1. The van der Waals surface area contributed by atoms with Crippen LogP contribution in [-0.2, 0) is 13.0 Å². The van der Waals surface area contributed by atoms with Gasteiger partial charge in [0.25, 0.3) is 0 Å². The molecule has 1 aliphatic rings. The predicted molar refractivity (Wildman–Crippen MR) is 117 cm³/mol. The lowest BCUT2D eigenvalue weighted by Crippen LogP contribution is -2.26. The first kappa shape index (κ1) is 21.7. The highest BCUT2D eigenvalue weighted by Gasteiger charge is 2.35. The first-order valence-electron chi connectivity index (χ1n) is 10.6. The molecule has 3 atom stereocenters. The number of rotatable bonds is 7. The molecule has 2 aromatic rings. The quantitative estimate of drug-likeness (QED) is 0.745. The fourth-order valence-electron chi connectivity index (χ4n) is 4.28. The van der Waals surface area contributed by atoms with Crippen LogP contribution in [0.25, 0.3) is 0 Å². The molecule has 1 aliphatic heterocycles. The van der Waals surface area contributed by atoms with E-state index in [0.717, 1.165) is 37.6 Å². The molecule has 1 saturated heterocycles. The normalized spacial score (nSPS) is 21.2. The lowest BCUT2D eigenvalue weighted by molar-refractivity contribution is 0.107. The average molecular weight is 398 g/mol. The molecule has 29 heavy (non-hydrogen) atoms. The molecular weight excluding hydrogens is 362 g/mol. The third-order valence-corrected chi connectivity index (χ3v) is 5.58. The molecule has 3 rings (SSSR count). The van der Waals surface area contributed by atoms with E-state index in [9.17, 15) is 5.11 Å². The summed E-state index contributed by atoms with van der Waals surface area (Å²) in [7, 11) is 1.67. The highest BCUT2D eigenvalue weighted by atomic mass is 16.5. The molecule has 0 bridgehead atoms. The molecule has 4 nitrogen and oxygen atoms in total. The highest BCUT2D eigenvalue weighted by Crippen LogP contribution is 2.35. The van der Waals surface area contributed by atoms with Crippen LogP contribution in [0.4, 0.5) is 0 Å². The van der Waals surface area contributed by atoms with Crippen LogP contribution >= 0.6 is 0 Å². The second-order valence-electron chi connectivity index (χ2n) is 9.25. The maximum atomic E-state index is 10.4. The average Bonchev–Trinajstić information content (AvgIpc) is 3.04. The van der Waals surface area contributed by atoms with Gasteiger partial charge in [-0.2, -0.15) is 0 Å². The van der Waals surface area contributed by atoms with Gasteiger partial charge in [0.15, 0.2) is 11.5 Å². The standard InChI is InChI=1S/C25H35NO3/c1-18(27)22-17-26(15-19-9-7-6-8-10-19)16-21(22)13-20-11-12-23(28-5)24(14-20)29-25(2,3)4/h6-12,14,18,21-22,27H,13,15-17H2,1-5H3/t18-,21?,22?/m1/s1. The predicted octanol–water partition coefficient (Wildman–Crippen LogP) is 4.54. The Hall–Kier alpha value is -2.04. The molecular formula is C25H35NO3. The minimum atomic E-state index is -0.315. The minimum absolute atomic E-state index is 0.271. The van der Waals surface area contributed by atoms with Crippen molar-refractivity contribution >= 4 is 0 Å². The van der Waals surface area contributed by atoms with Gasteiger partial charge < -0.3 is 14.6 Å². The third-order valence-electron chi connectivity index (χ3n) is 5.58. The number of aliphatic hydroxyl groups is 1. The highest BCUT2D eigenvalue weighted by molar-refractivity contribution is 5.43. The minimum Gasteiger partial charge on any atom is -0.493 e. The van der Waals surface area contributed by atoms with E-state index in [1.807, 2.05) is 33.8 Å². The molecule has 0 aliphatic carbocycles. The fraction of sp³-hybridized carbons (Fsp3) is 0.520. The largest absolute Gasteiger partial charge is 0.493 e. The Morgan fingerprint density at radius 1 is 1.03 bits per heavy atom. The van der Waals surface area contributed by atoms with Crippen LogP contribution in [0.15, 0.2) is 48.5 Å². The second kappa shape index (κ2) is 9.19. The molecule has 158 valence electrons. The zero-order chi connectivity index (χ0) is 21.0. The van der Waals surface area contributed by atoms with Crippen molar-refractivity contribution in [3.05, 3.63) is 59.7 Å². The second-order valence-corrected chi connectivity index (χ2v) is 9.25. The van der Waals surface area contributed by atoms with Crippen molar-refractivity contribution in [3.8, 4) is 11.5 Å². The maximum Gasteiger partial charge on any atom is 0.162 e. The number of nitrogens with zero attached hydrogens (tertiary/aromatic N) is 1. The maximum absolute atomic E-state index is 10.4. The zero-order valence-corrected chi connectivity index (χ0v) is 18.4. The molecule has 4 heteroatoms. The molecule has 0 amide bonds. The number of hydrogen-bond donors (Lipinski definition) is 1. The smallest absolute Gasteiger partial charge is 0.162 e. The van der Waals surface area contributed by atoms with Crippen molar-refractivity contribution in [1.82, 2.24) is 4.90 Å². The fourth-order valence-corrected chi connectivity index (χ4v) is 4.28. The number of hydrogen-bond acceptors (Lipinski definition) is 4. The summed E-state index contributed by atoms with van der Waals surface area (Å²) in [6.45, 7) is 10.9. The van der Waals surface area contributed by atoms with Gasteiger partial charge in [0, 0.05) is 25.6 Å². The lowest BCUT2D eigenvalue weighted by Gasteiger charge is -2.24. The summed E-state index contributed by atoms with van der Waals surface area (Å²) in [5.41, 5.74) is 2.26. The molecule has 0 spiro atoms. The molecule has 2 aromatic carbocycles. The Kier molecular flexibility index (Phi) is 6.86. The summed E-state index contributed by atoms with van der Waals surface area (Å²) in [4.78, 5) is 2.47. The van der Waals surface area contributed by atoms with Crippen LogP contribution in [0.5, 0.6) is 11.5 Å². The van der Waals surface area contributed by atoms with Gasteiger partial charge in [-0.1, -0.05) is 36.4 Å². The van der Waals surface area contributed by atoms with Crippen LogP contribution in [0, 0.1) is 11.8 Å².